The van der Waals surface area contributed by atoms with Gasteiger partial charge in [-0.1, -0.05) is 85.7 Å². The van der Waals surface area contributed by atoms with E-state index in [1.165, 1.54) is 120 Å². The number of benzene rings is 3. The van der Waals surface area contributed by atoms with E-state index in [2.05, 4.69) is 138 Å². The van der Waals surface area contributed by atoms with Gasteiger partial charge < -0.3 is 60.4 Å². The molecule has 7 aromatic heterocycles. The largest absolute Gasteiger partial charge is 0.478 e. The van der Waals surface area contributed by atoms with E-state index in [-0.39, 0.29) is 88.5 Å². The maximum atomic E-state index is 12.8. The first-order valence-corrected chi connectivity index (χ1v) is 49.0. The third-order valence-electron chi connectivity index (χ3n) is 21.7. The lowest BCUT2D eigenvalue weighted by atomic mass is 9.99. The number of hydrogen-bond donors (Lipinski definition) is 7. The van der Waals surface area contributed by atoms with Crippen LogP contribution in [0.5, 0.6) is 41.0 Å². The molecular formula is C80H107Br3Cl3N19O16S3. The summed E-state index contributed by atoms with van der Waals surface area (Å²) in [6.07, 6.45) is 31.1. The van der Waals surface area contributed by atoms with Gasteiger partial charge >= 0.3 is 16.1 Å². The number of amides is 2. The molecule has 0 radical (unpaired) electrons. The van der Waals surface area contributed by atoms with Gasteiger partial charge in [-0.2, -0.15) is 39.0 Å². The van der Waals surface area contributed by atoms with Crippen LogP contribution in [0.15, 0.2) is 110 Å². The van der Waals surface area contributed by atoms with Crippen LogP contribution in [0.2, 0.25) is 15.1 Å². The van der Waals surface area contributed by atoms with E-state index in [1.807, 2.05) is 46.9 Å². The molecule has 0 saturated carbocycles. The summed E-state index contributed by atoms with van der Waals surface area (Å²) in [4.78, 5) is 23.0. The number of nitrogens with one attached hydrogen (secondary N) is 4. The van der Waals surface area contributed by atoms with Gasteiger partial charge in [0.25, 0.3) is 15.6 Å². The zero-order valence-electron chi connectivity index (χ0n) is 69.9. The molecule has 6 aliphatic heterocycles. The van der Waals surface area contributed by atoms with Gasteiger partial charge in [0.15, 0.2) is 20.4 Å². The van der Waals surface area contributed by atoms with Gasteiger partial charge in [-0.15, -0.1) is 0 Å². The number of fused-ring (bicyclic) bond motifs is 10. The molecule has 13 N–H and O–H groups in total. The summed E-state index contributed by atoms with van der Waals surface area (Å²) in [5, 5.41) is 38.5. The van der Waals surface area contributed by atoms with Crippen LogP contribution in [-0.2, 0) is 88.1 Å². The number of carbonyl (C=O) groups is 1. The third-order valence-corrected chi connectivity index (χ3v) is 27.4. The van der Waals surface area contributed by atoms with Crippen molar-refractivity contribution in [1.29, 1.82) is 0 Å². The lowest BCUT2D eigenvalue weighted by Crippen LogP contribution is -2.35. The van der Waals surface area contributed by atoms with Crippen LogP contribution in [0.3, 0.4) is 0 Å². The molecule has 44 heteroatoms. The fourth-order valence-electron chi connectivity index (χ4n) is 15.2. The molecule has 10 aliphatic rings. The average molecular weight is 2030 g/mol. The van der Waals surface area contributed by atoms with Crippen LogP contribution in [0.25, 0.3) is 0 Å². The molecule has 7 unspecified atom stereocenters. The molecule has 10 aromatic rings. The van der Waals surface area contributed by atoms with Crippen LogP contribution in [0, 0.1) is 0 Å². The van der Waals surface area contributed by atoms with Gasteiger partial charge in [0.1, 0.15) is 0 Å². The van der Waals surface area contributed by atoms with Gasteiger partial charge in [-0.3, -0.25) is 9.89 Å². The van der Waals surface area contributed by atoms with Crippen molar-refractivity contribution in [2.75, 3.05) is 49.4 Å². The van der Waals surface area contributed by atoms with Crippen LogP contribution in [0.4, 0.5) is 16.2 Å². The number of sulfonamides is 2. The molecular weight excluding hydrogens is 1930 g/mol. The minimum atomic E-state index is -4.21. The van der Waals surface area contributed by atoms with Gasteiger partial charge in [-0.25, -0.2) is 59.6 Å². The van der Waals surface area contributed by atoms with E-state index < -0.39 is 36.2 Å². The molecule has 678 valence electrons. The van der Waals surface area contributed by atoms with E-state index in [1.54, 1.807) is 34.2 Å². The number of anilines is 2. The number of aromatic nitrogens is 14. The second-order valence-electron chi connectivity index (χ2n) is 30.7. The minimum absolute atomic E-state index is 0. The molecule has 3 aromatic carbocycles. The highest BCUT2D eigenvalue weighted by Crippen LogP contribution is 2.43. The van der Waals surface area contributed by atoms with E-state index in [9.17, 15) is 34.8 Å². The Kier molecular flexibility index (Phi) is 34.6. The lowest BCUT2D eigenvalue weighted by molar-refractivity contribution is 0.149. The Labute approximate surface area is 760 Å². The number of carbonyl (C=O) groups excluding carboxylic acids is 1. The van der Waals surface area contributed by atoms with Crippen LogP contribution >= 0.6 is 82.6 Å². The number of nitrogen functional groups attached to an aromatic ring is 1. The quantitative estimate of drug-likeness (QED) is 0.0401. The van der Waals surface area contributed by atoms with Crippen molar-refractivity contribution in [3.63, 3.8) is 0 Å². The van der Waals surface area contributed by atoms with Crippen molar-refractivity contribution in [3.8, 4) is 41.0 Å². The maximum absolute atomic E-state index is 12.8. The van der Waals surface area contributed by atoms with Gasteiger partial charge in [0.2, 0.25) is 45.3 Å². The molecule has 0 saturated heterocycles. The summed E-state index contributed by atoms with van der Waals surface area (Å²) in [5.41, 5.74) is 18.9. The van der Waals surface area contributed by atoms with E-state index >= 15 is 0 Å². The number of urea groups is 1. The summed E-state index contributed by atoms with van der Waals surface area (Å²) in [7, 11) is -12.0. The normalized spacial score (nSPS) is 19.2. The monoisotopic (exact) mass is 2030 g/mol. The predicted octanol–water partition coefficient (Wildman–Crippen LogP) is 14.7. The average Bonchev–Trinajstić information content (AvgIpc) is 1.64. The molecule has 0 bridgehead atoms. The molecule has 20 rings (SSSR count). The second kappa shape index (κ2) is 43.9. The number of hydrogen-bond acceptors (Lipinski definition) is 23. The Morgan fingerprint density at radius 3 is 1.50 bits per heavy atom. The standard InChI is InChI=1S/C20H24N4O4S.C13H11Cl3N2O4S.C12H15N.C7H9BrN2O.C7H11N3O3S.2C7H10N2O.C4H8Br2.C3H4N2O.H3N.H2O/c1-12-8-9-28-19-17(11-21-24(12)19)29(26,27)23-20(25)22-18-15-6-2-4-13(15)10-14-5-3-7-16(14)18;1-7-2-3-21-13-11(6-17-18(7)13)23(19,20)22-12-9(15)4-8(14)5-10(12)16;13-12-10-5-1-3-8(10)7-9-4-2-6-11(9)12;1-5-2-3-11-7-6(8)4-9-10(5)7;1-5-2-3-13-7-6(14(8,11)12)4-9-10(5)7;1-6-3-5-10-7-2-4-8-9(6)7;1-6-3-5-9-7(10-6)2-4-8-9;1-4(6)2-3-5;6-3-1-2-4-5-3;;/h10-12H,2-9H2,1H3,(H2,22,23,25);4-7H,2-3H2,1H3;7H,1-6,13H2;4-5H,2-3H2,1H3;4-5H,2-3H2,1H3,(H2,8,11,12);2*2,4,6H,3,5H2,1H3;4H,2-3H2,1H3;1-2H,(H2,4,5,6);1H3;1H2. The van der Waals surface area contributed by atoms with Crippen LogP contribution in [-0.4, -0.2) is 155 Å². The van der Waals surface area contributed by atoms with Crippen molar-refractivity contribution in [2.24, 2.45) is 5.14 Å². The Morgan fingerprint density at radius 2 is 1.03 bits per heavy atom. The molecule has 35 nitrogen and oxygen atoms in total. The highest BCUT2D eigenvalue weighted by Gasteiger charge is 2.36. The fraction of sp³-hybridized carbons (Fsp3) is 0.500. The number of rotatable bonds is 9. The van der Waals surface area contributed by atoms with Crippen molar-refractivity contribution in [1.82, 2.24) is 79.8 Å². The van der Waals surface area contributed by atoms with Crippen molar-refractivity contribution in [2.45, 2.75) is 233 Å². The molecule has 13 heterocycles. The van der Waals surface area contributed by atoms with Gasteiger partial charge in [0, 0.05) is 96.0 Å². The Bertz CT molecular complexity index is 5620. The van der Waals surface area contributed by atoms with E-state index in [0.717, 1.165) is 147 Å². The number of aryl methyl sites for hydroxylation is 5. The van der Waals surface area contributed by atoms with Crippen LogP contribution in [0.1, 0.15) is 194 Å². The molecule has 4 aliphatic carbocycles. The zero-order chi connectivity index (χ0) is 87.3. The minimum Gasteiger partial charge on any atom is -0.478 e. The highest BCUT2D eigenvalue weighted by molar-refractivity contribution is 9.10. The number of primary sulfonamides is 1. The molecule has 7 atom stereocenters. The highest BCUT2D eigenvalue weighted by atomic mass is 79.9. The SMILES string of the molecule is CC(Br)CCBr.CC1CCOc2c(Br)cnn21.CC1CCOc2c(S(=O)(=O)NC(=O)Nc3c4c(cc5c3CCC5)CCC4)cnn21.CC1CCOc2c(S(=O)(=O)Oc3c(Cl)cc(Cl)cc3Cl)cnn21.CC1CCOc2c(S(N)(=O)=O)cnn21.CC1CCOc2ccnn21.CC1CCn2nccc2O1.N.Nc1c2c(cc3c1CCC3)CCC2.O.O=c1cc[nH][nH]1. The Balaban J connectivity index is 0.000000152. The number of H-pyrrole nitrogens is 2. The van der Waals surface area contributed by atoms with Gasteiger partial charge in [0.05, 0.1) is 121 Å². The number of nitrogens with two attached hydrogens (primary N) is 2. The van der Waals surface area contributed by atoms with Crippen LogP contribution < -0.4 is 65.2 Å². The number of ether oxygens (including phenoxy) is 6. The summed E-state index contributed by atoms with van der Waals surface area (Å²) < 4.78 is 124. The first kappa shape index (κ1) is 97.8. The maximum Gasteiger partial charge on any atom is 0.346 e. The summed E-state index contributed by atoms with van der Waals surface area (Å²) >= 11 is 27.8. The molecule has 0 spiro atoms. The third kappa shape index (κ3) is 24.1. The summed E-state index contributed by atoms with van der Waals surface area (Å²) in [5.74, 6) is 3.06. The summed E-state index contributed by atoms with van der Waals surface area (Å²) in [6, 6.07) is 13.0. The van der Waals surface area contributed by atoms with Gasteiger partial charge in [-0.05, 0) is 198 Å². The number of alkyl halides is 2. The van der Waals surface area contributed by atoms with E-state index in [0.29, 0.717) is 42.8 Å². The second-order valence-corrected chi connectivity index (χ2v) is 39.9. The molecule has 2 amide bonds. The molecule has 0 fully saturated rings. The topological polar surface area (TPSA) is 482 Å². The summed E-state index contributed by atoms with van der Waals surface area (Å²) in [6.45, 7) is 18.3. The zero-order valence-corrected chi connectivity index (χ0v) is 79.3. The number of aromatic amines is 2. The van der Waals surface area contributed by atoms with Crippen molar-refractivity contribution in [3.05, 3.63) is 160 Å². The lowest BCUT2D eigenvalue weighted by Gasteiger charge is -2.22. The Morgan fingerprint density at radius 1 is 0.589 bits per heavy atom. The smallest absolute Gasteiger partial charge is 0.346 e. The molecule has 124 heavy (non-hydrogen) atoms. The van der Waals surface area contributed by atoms with Crippen molar-refractivity contribution >= 4 is 130 Å². The van der Waals surface area contributed by atoms with Crippen molar-refractivity contribution < 1.29 is 68.1 Å². The fourth-order valence-corrected chi connectivity index (χ4v) is 20.7. The predicted molar refractivity (Wildman–Crippen MR) is 482 cm³/mol. The number of halogens is 6. The first-order chi connectivity index (χ1) is 58.3. The Hall–Kier alpha value is -8.36. The van der Waals surface area contributed by atoms with E-state index in [4.69, 9.17) is 78.3 Å². The first-order valence-electron chi connectivity index (χ1n) is 40.6. The number of nitrogens with zero attached hydrogens (tertiary/aromatic N) is 12.